The first kappa shape index (κ1) is 21.3. The second-order valence-corrected chi connectivity index (χ2v) is 9.34. The standard InChI is InChI=1S/C25H25FN8O/c1-25(26)15-34(16-25)23(35)18-10-21-14-33(9-8-32(21)13-18)24-27-7-6-22(31-24)30-20-4-2-17(3-5-20)19-11-28-29-12-19/h2-7,10-13H,8-9,14-16H2,1H3,(H,28,29)(H,27,30,31). The highest BCUT2D eigenvalue weighted by atomic mass is 19.1. The number of H-pyrrole nitrogens is 1. The average molecular weight is 473 g/mol. The van der Waals surface area contributed by atoms with Crippen LogP contribution in [-0.4, -0.2) is 60.8 Å². The Kier molecular flexibility index (Phi) is 5.01. The summed E-state index contributed by atoms with van der Waals surface area (Å²) in [7, 11) is 0. The molecule has 2 aliphatic rings. The van der Waals surface area contributed by atoms with Crippen molar-refractivity contribution in [2.24, 2.45) is 0 Å². The Labute approximate surface area is 201 Å². The fraction of sp³-hybridized carbons (Fsp3) is 0.280. The third-order valence-corrected chi connectivity index (χ3v) is 6.44. The summed E-state index contributed by atoms with van der Waals surface area (Å²) in [5.41, 5.74) is 3.38. The maximum Gasteiger partial charge on any atom is 0.255 e. The zero-order valence-corrected chi connectivity index (χ0v) is 19.3. The minimum Gasteiger partial charge on any atom is -0.347 e. The van der Waals surface area contributed by atoms with Crippen molar-refractivity contribution in [3.05, 3.63) is 72.4 Å². The van der Waals surface area contributed by atoms with Crippen LogP contribution in [0.1, 0.15) is 23.0 Å². The van der Waals surface area contributed by atoms with Crippen molar-refractivity contribution in [1.29, 1.82) is 0 Å². The number of rotatable bonds is 5. The largest absolute Gasteiger partial charge is 0.347 e. The molecule has 0 spiro atoms. The number of hydrogen-bond donors (Lipinski definition) is 2. The molecule has 0 aliphatic carbocycles. The SMILES string of the molecule is CC1(F)CN(C(=O)c2cc3n(c2)CCN(c2nccc(Nc4ccc(-c5cn[nH]c5)cc4)n2)C3)C1. The molecule has 2 N–H and O–H groups in total. The number of aromatic amines is 1. The summed E-state index contributed by atoms with van der Waals surface area (Å²) in [6.07, 6.45) is 7.26. The average Bonchev–Trinajstić information content (AvgIpc) is 3.52. The normalized spacial score (nSPS) is 16.5. The first-order valence-electron chi connectivity index (χ1n) is 11.6. The lowest BCUT2D eigenvalue weighted by atomic mass is 9.98. The lowest BCUT2D eigenvalue weighted by Crippen LogP contribution is -2.59. The molecule has 4 aromatic rings. The Morgan fingerprint density at radius 2 is 1.97 bits per heavy atom. The van der Waals surface area contributed by atoms with Gasteiger partial charge < -0.3 is 19.7 Å². The van der Waals surface area contributed by atoms with Gasteiger partial charge in [-0.25, -0.2) is 9.37 Å². The maximum atomic E-state index is 13.8. The topological polar surface area (TPSA) is 95.0 Å². The highest BCUT2D eigenvalue weighted by molar-refractivity contribution is 5.95. The van der Waals surface area contributed by atoms with Crippen molar-refractivity contribution in [3.8, 4) is 11.1 Å². The van der Waals surface area contributed by atoms with Crippen LogP contribution in [0.15, 0.2) is 61.2 Å². The van der Waals surface area contributed by atoms with E-state index >= 15 is 0 Å². The van der Waals surface area contributed by atoms with Gasteiger partial charge in [0, 0.05) is 48.6 Å². The third-order valence-electron chi connectivity index (χ3n) is 6.44. The summed E-state index contributed by atoms with van der Waals surface area (Å²) in [5, 5.41) is 10.2. The number of nitrogens with one attached hydrogen (secondary N) is 2. The number of carbonyl (C=O) groups is 1. The zero-order valence-electron chi connectivity index (χ0n) is 19.3. The molecule has 3 aromatic heterocycles. The van der Waals surface area contributed by atoms with Crippen molar-refractivity contribution in [1.82, 2.24) is 29.6 Å². The molecular weight excluding hydrogens is 447 g/mol. The van der Waals surface area contributed by atoms with E-state index < -0.39 is 5.67 Å². The van der Waals surface area contributed by atoms with Gasteiger partial charge >= 0.3 is 0 Å². The number of alkyl halides is 1. The maximum absolute atomic E-state index is 13.8. The molecule has 10 heteroatoms. The Hall–Kier alpha value is -4.21. The van der Waals surface area contributed by atoms with Crippen molar-refractivity contribution in [2.75, 3.05) is 29.9 Å². The van der Waals surface area contributed by atoms with Crippen molar-refractivity contribution >= 4 is 23.4 Å². The summed E-state index contributed by atoms with van der Waals surface area (Å²) < 4.78 is 15.9. The Morgan fingerprint density at radius 3 is 2.71 bits per heavy atom. The number of nitrogens with zero attached hydrogens (tertiary/aromatic N) is 6. The van der Waals surface area contributed by atoms with Gasteiger partial charge in [0.25, 0.3) is 5.91 Å². The van der Waals surface area contributed by atoms with Gasteiger partial charge in [0.2, 0.25) is 5.95 Å². The van der Waals surface area contributed by atoms with Gasteiger partial charge in [0.1, 0.15) is 11.5 Å². The Morgan fingerprint density at radius 1 is 1.14 bits per heavy atom. The van der Waals surface area contributed by atoms with E-state index in [1.807, 2.05) is 48.8 Å². The van der Waals surface area contributed by atoms with Crippen LogP contribution in [0.2, 0.25) is 0 Å². The van der Waals surface area contributed by atoms with Gasteiger partial charge in [-0.05, 0) is 36.8 Å². The van der Waals surface area contributed by atoms with E-state index in [4.69, 9.17) is 4.98 Å². The van der Waals surface area contributed by atoms with E-state index in [2.05, 4.69) is 30.0 Å². The predicted molar refractivity (Wildman–Crippen MR) is 130 cm³/mol. The van der Waals surface area contributed by atoms with Crippen LogP contribution in [0.4, 0.5) is 21.8 Å². The van der Waals surface area contributed by atoms with E-state index in [-0.39, 0.29) is 19.0 Å². The molecule has 1 saturated heterocycles. The molecule has 0 radical (unpaired) electrons. The van der Waals surface area contributed by atoms with Crippen molar-refractivity contribution in [2.45, 2.75) is 25.7 Å². The lowest BCUT2D eigenvalue weighted by molar-refractivity contribution is -0.00785. The first-order chi connectivity index (χ1) is 16.9. The van der Waals surface area contributed by atoms with Gasteiger partial charge in [-0.15, -0.1) is 0 Å². The Balaban J connectivity index is 1.13. The number of hydrogen-bond acceptors (Lipinski definition) is 6. The summed E-state index contributed by atoms with van der Waals surface area (Å²) in [5.74, 6) is 1.21. The number of amides is 1. The predicted octanol–water partition coefficient (Wildman–Crippen LogP) is 3.62. The van der Waals surface area contributed by atoms with E-state index in [0.29, 0.717) is 23.9 Å². The molecule has 0 saturated carbocycles. The minimum atomic E-state index is -1.27. The van der Waals surface area contributed by atoms with E-state index in [0.717, 1.165) is 35.6 Å². The van der Waals surface area contributed by atoms with Gasteiger partial charge in [-0.1, -0.05) is 12.1 Å². The summed E-state index contributed by atoms with van der Waals surface area (Å²) in [6.45, 7) is 3.87. The fourth-order valence-corrected chi connectivity index (χ4v) is 4.63. The molecule has 1 amide bonds. The number of fused-ring (bicyclic) bond motifs is 1. The molecule has 0 bridgehead atoms. The highest BCUT2D eigenvalue weighted by Gasteiger charge is 2.42. The monoisotopic (exact) mass is 472 g/mol. The van der Waals surface area contributed by atoms with Crippen LogP contribution < -0.4 is 10.2 Å². The summed E-state index contributed by atoms with van der Waals surface area (Å²) in [6, 6.07) is 11.8. The molecule has 35 heavy (non-hydrogen) atoms. The second-order valence-electron chi connectivity index (χ2n) is 9.34. The number of carbonyl (C=O) groups excluding carboxylic acids is 1. The molecule has 0 atom stereocenters. The number of anilines is 3. The van der Waals surface area contributed by atoms with Crippen LogP contribution >= 0.6 is 0 Å². The number of aromatic nitrogens is 5. The zero-order chi connectivity index (χ0) is 24.0. The quantitative estimate of drug-likeness (QED) is 0.461. The third kappa shape index (κ3) is 4.23. The van der Waals surface area contributed by atoms with Gasteiger partial charge in [-0.3, -0.25) is 9.89 Å². The van der Waals surface area contributed by atoms with Crippen molar-refractivity contribution < 1.29 is 9.18 Å². The van der Waals surface area contributed by atoms with Crippen LogP contribution in [0.25, 0.3) is 11.1 Å². The molecule has 2 aliphatic heterocycles. The van der Waals surface area contributed by atoms with E-state index in [9.17, 15) is 9.18 Å². The fourth-order valence-electron chi connectivity index (χ4n) is 4.63. The highest BCUT2D eigenvalue weighted by Crippen LogP contribution is 2.28. The Bertz CT molecular complexity index is 1350. The first-order valence-corrected chi connectivity index (χ1v) is 11.6. The number of benzene rings is 1. The molecule has 5 heterocycles. The van der Waals surface area contributed by atoms with Crippen LogP contribution in [0, 0.1) is 0 Å². The molecule has 9 nitrogen and oxygen atoms in total. The molecule has 0 unspecified atom stereocenters. The van der Waals surface area contributed by atoms with E-state index in [1.54, 1.807) is 17.3 Å². The molecular formula is C25H25FN8O. The van der Waals surface area contributed by atoms with Crippen LogP contribution in [-0.2, 0) is 13.1 Å². The number of halogens is 1. The molecule has 6 rings (SSSR count). The molecule has 1 fully saturated rings. The molecule has 1 aromatic carbocycles. The number of likely N-dealkylation sites (tertiary alicyclic amines) is 1. The second kappa shape index (κ2) is 8.23. The van der Waals surface area contributed by atoms with Gasteiger partial charge in [0.05, 0.1) is 31.4 Å². The summed E-state index contributed by atoms with van der Waals surface area (Å²) in [4.78, 5) is 25.5. The minimum absolute atomic E-state index is 0.116. The summed E-state index contributed by atoms with van der Waals surface area (Å²) >= 11 is 0. The van der Waals surface area contributed by atoms with Crippen LogP contribution in [0.3, 0.4) is 0 Å². The molecule has 178 valence electrons. The smallest absolute Gasteiger partial charge is 0.255 e. The van der Waals surface area contributed by atoms with Gasteiger partial charge in [0.15, 0.2) is 0 Å². The van der Waals surface area contributed by atoms with E-state index in [1.165, 1.54) is 6.92 Å². The van der Waals surface area contributed by atoms with Crippen LogP contribution in [0.5, 0.6) is 0 Å². The van der Waals surface area contributed by atoms with Gasteiger partial charge in [-0.2, -0.15) is 10.1 Å². The lowest BCUT2D eigenvalue weighted by Gasteiger charge is -2.42. The van der Waals surface area contributed by atoms with Crippen molar-refractivity contribution in [3.63, 3.8) is 0 Å².